The second-order valence-corrected chi connectivity index (χ2v) is 19.9. The van der Waals surface area contributed by atoms with Crippen LogP contribution in [0.15, 0.2) is 48.6 Å². The second-order valence-electron chi connectivity index (χ2n) is 17.5. The number of rotatable bonds is 7. The van der Waals surface area contributed by atoms with Crippen molar-refractivity contribution in [1.82, 2.24) is 14.5 Å². The van der Waals surface area contributed by atoms with Gasteiger partial charge in [0.1, 0.15) is 11.4 Å². The number of carbonyl (C=O) groups excluding carboxylic acids is 1. The summed E-state index contributed by atoms with van der Waals surface area (Å²) in [4.78, 5) is 21.5. The number of fused-ring (bicyclic) bond motifs is 5. The van der Waals surface area contributed by atoms with E-state index in [-0.39, 0.29) is 30.3 Å². The van der Waals surface area contributed by atoms with E-state index in [1.54, 1.807) is 13.2 Å². The Balaban J connectivity index is 1.21. The molecule has 57 heavy (non-hydrogen) atoms. The van der Waals surface area contributed by atoms with Crippen molar-refractivity contribution in [3.63, 3.8) is 0 Å². The Labute approximate surface area is 344 Å². The minimum atomic E-state index is -4.08. The fourth-order valence-corrected chi connectivity index (χ4v) is 12.8. The number of allylic oxidation sites excluding steroid dienone is 1. The Bertz CT molecular complexity index is 1910. The van der Waals surface area contributed by atoms with Gasteiger partial charge in [-0.3, -0.25) is 14.6 Å². The largest absolute Gasteiger partial charge is 0.490 e. The lowest BCUT2D eigenvalue weighted by molar-refractivity contribution is -0.121. The molecule has 7 atom stereocenters. The molecule has 312 valence electrons. The first kappa shape index (κ1) is 41.0. The van der Waals surface area contributed by atoms with E-state index in [1.807, 2.05) is 25.1 Å². The first-order chi connectivity index (χ1) is 27.5. The molecular formula is C44H61ClN4O7S. The number of aryl methyl sites for hydroxylation is 1. The van der Waals surface area contributed by atoms with Crippen molar-refractivity contribution in [2.45, 2.75) is 81.1 Å². The zero-order valence-electron chi connectivity index (χ0n) is 33.9. The molecule has 11 nitrogen and oxygen atoms in total. The van der Waals surface area contributed by atoms with E-state index in [0.717, 1.165) is 95.3 Å². The van der Waals surface area contributed by atoms with E-state index >= 15 is 0 Å². The van der Waals surface area contributed by atoms with E-state index < -0.39 is 26.8 Å². The summed E-state index contributed by atoms with van der Waals surface area (Å²) in [5.41, 5.74) is 2.81. The molecule has 0 unspecified atom stereocenters. The number of ether oxygens (including phenoxy) is 4. The first-order valence-corrected chi connectivity index (χ1v) is 23.2. The van der Waals surface area contributed by atoms with Gasteiger partial charge in [-0.2, -0.15) is 0 Å². The molecule has 4 heterocycles. The summed E-state index contributed by atoms with van der Waals surface area (Å²) in [6.45, 7) is 13.0. The Kier molecular flexibility index (Phi) is 12.3. The molecule has 2 bridgehead atoms. The molecule has 1 saturated carbocycles. The zero-order chi connectivity index (χ0) is 39.8. The van der Waals surface area contributed by atoms with Crippen molar-refractivity contribution >= 4 is 33.2 Å². The number of piperazine rings is 1. The number of methoxy groups -OCH3 is 1. The Morgan fingerprint density at radius 3 is 2.77 bits per heavy atom. The van der Waals surface area contributed by atoms with Crippen LogP contribution in [0.2, 0.25) is 5.02 Å². The number of nitrogens with zero attached hydrogens (tertiary/aromatic N) is 3. The van der Waals surface area contributed by atoms with Gasteiger partial charge in [0, 0.05) is 88.2 Å². The van der Waals surface area contributed by atoms with Crippen LogP contribution < -0.4 is 14.4 Å². The highest BCUT2D eigenvalue weighted by Gasteiger charge is 2.50. The lowest BCUT2D eigenvalue weighted by Crippen LogP contribution is -2.62. The van der Waals surface area contributed by atoms with Crippen LogP contribution in [0.25, 0.3) is 0 Å². The van der Waals surface area contributed by atoms with Crippen molar-refractivity contribution in [3.8, 4) is 5.75 Å². The van der Waals surface area contributed by atoms with Crippen LogP contribution in [0.4, 0.5) is 5.69 Å². The van der Waals surface area contributed by atoms with E-state index in [0.29, 0.717) is 49.5 Å². The molecule has 2 aromatic carbocycles. The van der Waals surface area contributed by atoms with E-state index in [2.05, 4.69) is 50.6 Å². The Hall–Kier alpha value is -2.71. The highest BCUT2D eigenvalue weighted by Crippen LogP contribution is 2.49. The van der Waals surface area contributed by atoms with Crippen molar-refractivity contribution in [2.75, 3.05) is 90.9 Å². The highest BCUT2D eigenvalue weighted by atomic mass is 35.5. The van der Waals surface area contributed by atoms with Gasteiger partial charge < -0.3 is 23.8 Å². The number of hydrogen-bond donors (Lipinski definition) is 1. The van der Waals surface area contributed by atoms with Gasteiger partial charge in [0.05, 0.1) is 30.8 Å². The fraction of sp³-hybridized carbons (Fsp3) is 0.659. The topological polar surface area (TPSA) is 110 Å². The smallest absolute Gasteiger partial charge is 0.264 e. The van der Waals surface area contributed by atoms with E-state index in [1.165, 1.54) is 11.1 Å². The predicted octanol–water partition coefficient (Wildman–Crippen LogP) is 5.69. The standard InChI is InChI=1S/C44H61ClN4O7S/c1-4-56-44(29-47-18-19-48-20-22-54-27-36(48)26-47)17-5-7-31(2)41(15-21-53-3)57(51,52)46-42(50)33-10-14-40-39(24-33)49(25-34-9-12-38(34)44)28-43(30-55-40)16-6-8-32-23-35(45)11-13-37(32)43/h5,10-11,13-14,17,23-24,31,34,36,38,41H,4,6-9,12,15-16,18-22,25-30H2,1-3H3,(H,46,50)/b17-5+/t31-,34-,36-,38+,41+,43-,44-/m0/s1. The Morgan fingerprint density at radius 1 is 1.09 bits per heavy atom. The number of amides is 1. The third-order valence-electron chi connectivity index (χ3n) is 14.0. The third kappa shape index (κ3) is 8.39. The lowest BCUT2D eigenvalue weighted by atomic mass is 9.63. The van der Waals surface area contributed by atoms with Crippen molar-refractivity contribution < 1.29 is 32.2 Å². The number of anilines is 1. The van der Waals surface area contributed by atoms with Crippen LogP contribution in [-0.2, 0) is 36.1 Å². The van der Waals surface area contributed by atoms with Crippen molar-refractivity contribution in [3.05, 3.63) is 70.3 Å². The number of nitrogens with one attached hydrogen (secondary N) is 1. The number of morpholine rings is 1. The summed E-state index contributed by atoms with van der Waals surface area (Å²) in [5.74, 6) is 0.341. The average molecular weight is 826 g/mol. The first-order valence-electron chi connectivity index (χ1n) is 21.2. The van der Waals surface area contributed by atoms with E-state index in [9.17, 15) is 13.2 Å². The summed E-state index contributed by atoms with van der Waals surface area (Å²) in [7, 11) is -2.50. The van der Waals surface area contributed by atoms with Gasteiger partial charge in [0.25, 0.3) is 5.91 Å². The third-order valence-corrected chi connectivity index (χ3v) is 16.2. The molecule has 3 fully saturated rings. The molecule has 1 spiro atoms. The van der Waals surface area contributed by atoms with Gasteiger partial charge in [-0.1, -0.05) is 36.7 Å². The highest BCUT2D eigenvalue weighted by molar-refractivity contribution is 7.90. The SMILES string of the molecule is CCO[C@]1(CN2CCN3CCOC[C@@H]3C2)/C=C/C[C@H](C)[C@@H](CCOC)S(=O)(=O)NC(=O)c2ccc3c(c2)N(C[C@@H]2CC[C@H]21)C[C@@]1(CCCc2cc(Cl)ccc21)CO3. The maximum atomic E-state index is 14.1. The number of carbonyl (C=O) groups is 1. The fourth-order valence-electron chi connectivity index (χ4n) is 10.9. The molecule has 1 amide bonds. The molecule has 13 heteroatoms. The van der Waals surface area contributed by atoms with Gasteiger partial charge >= 0.3 is 0 Å². The summed E-state index contributed by atoms with van der Waals surface area (Å²) >= 11 is 6.54. The molecule has 8 rings (SSSR count). The van der Waals surface area contributed by atoms with Gasteiger partial charge in [0.15, 0.2) is 0 Å². The van der Waals surface area contributed by atoms with Gasteiger partial charge in [0.2, 0.25) is 10.0 Å². The molecule has 2 aromatic rings. The quantitative estimate of drug-likeness (QED) is 0.350. The molecule has 2 saturated heterocycles. The van der Waals surface area contributed by atoms with Crippen molar-refractivity contribution in [1.29, 1.82) is 0 Å². The number of halogens is 1. The van der Waals surface area contributed by atoms with Crippen molar-refractivity contribution in [2.24, 2.45) is 17.8 Å². The summed E-state index contributed by atoms with van der Waals surface area (Å²) < 4.78 is 55.8. The van der Waals surface area contributed by atoms with Crippen LogP contribution >= 0.6 is 11.6 Å². The lowest BCUT2D eigenvalue weighted by Gasteiger charge is -2.53. The molecular weight excluding hydrogens is 764 g/mol. The molecule has 0 aromatic heterocycles. The monoisotopic (exact) mass is 824 g/mol. The molecule has 4 aliphatic heterocycles. The molecule has 0 radical (unpaired) electrons. The van der Waals surface area contributed by atoms with Gasteiger partial charge in [-0.05, 0) is 111 Å². The molecule has 6 aliphatic rings. The predicted molar refractivity (Wildman–Crippen MR) is 223 cm³/mol. The minimum Gasteiger partial charge on any atom is -0.490 e. The molecule has 2 aliphatic carbocycles. The number of hydrogen-bond acceptors (Lipinski definition) is 10. The van der Waals surface area contributed by atoms with E-state index in [4.69, 9.17) is 30.5 Å². The Morgan fingerprint density at radius 2 is 1.96 bits per heavy atom. The average Bonchev–Trinajstić information content (AvgIpc) is 3.32. The van der Waals surface area contributed by atoms with Crippen LogP contribution in [0.1, 0.15) is 73.9 Å². The van der Waals surface area contributed by atoms with Crippen LogP contribution in [0, 0.1) is 17.8 Å². The normalized spacial score (nSPS) is 33.8. The van der Waals surface area contributed by atoms with Crippen LogP contribution in [0.3, 0.4) is 0 Å². The van der Waals surface area contributed by atoms with Gasteiger partial charge in [-0.25, -0.2) is 13.1 Å². The minimum absolute atomic E-state index is 0.234. The zero-order valence-corrected chi connectivity index (χ0v) is 35.5. The van der Waals surface area contributed by atoms with Gasteiger partial charge in [-0.15, -0.1) is 0 Å². The summed E-state index contributed by atoms with van der Waals surface area (Å²) in [6, 6.07) is 12.0. The van der Waals surface area contributed by atoms with Crippen LogP contribution in [0.5, 0.6) is 5.75 Å². The number of benzene rings is 2. The van der Waals surface area contributed by atoms with Crippen LogP contribution in [-0.4, -0.2) is 127 Å². The summed E-state index contributed by atoms with van der Waals surface area (Å²) in [6.07, 6.45) is 10.3. The summed E-state index contributed by atoms with van der Waals surface area (Å²) in [5, 5.41) is -0.0928. The molecule has 1 N–H and O–H groups in total. The maximum Gasteiger partial charge on any atom is 0.264 e. The number of sulfonamides is 1. The maximum absolute atomic E-state index is 14.1. The second kappa shape index (κ2) is 17.1.